The van der Waals surface area contributed by atoms with Crippen LogP contribution < -0.4 is 21.9 Å². The van der Waals surface area contributed by atoms with Gasteiger partial charge in [-0.1, -0.05) is 30.3 Å². The number of aryl methyl sites for hydroxylation is 2. The number of rotatable bonds is 5. The normalized spacial score (nSPS) is 10.2. The van der Waals surface area contributed by atoms with Crippen LogP contribution in [-0.4, -0.2) is 9.97 Å². The zero-order chi connectivity index (χ0) is 16.9. The monoisotopic (exact) mass is 320 g/mol. The first-order valence-corrected chi connectivity index (χ1v) is 7.65. The quantitative estimate of drug-likeness (QED) is 0.534. The molecule has 122 valence electrons. The van der Waals surface area contributed by atoms with Gasteiger partial charge in [-0.25, -0.2) is 9.97 Å². The minimum Gasteiger partial charge on any atom is -0.393 e. The second kappa shape index (κ2) is 6.87. The Balaban J connectivity index is 1.79. The van der Waals surface area contributed by atoms with Crippen LogP contribution in [0.2, 0.25) is 0 Å². The number of benzene rings is 2. The van der Waals surface area contributed by atoms with Gasteiger partial charge in [-0.3, -0.25) is 10.9 Å². The van der Waals surface area contributed by atoms with Crippen LogP contribution in [0.15, 0.2) is 54.9 Å². The van der Waals surface area contributed by atoms with Gasteiger partial charge in [0.2, 0.25) is 0 Å². The van der Waals surface area contributed by atoms with Crippen molar-refractivity contribution in [3.8, 4) is 0 Å². The van der Waals surface area contributed by atoms with Crippen LogP contribution in [0.25, 0.3) is 0 Å². The largest absolute Gasteiger partial charge is 0.393 e. The van der Waals surface area contributed by atoms with Crippen LogP contribution in [-0.2, 0) is 0 Å². The van der Waals surface area contributed by atoms with E-state index in [4.69, 9.17) is 5.73 Å². The predicted octanol–water partition coefficient (Wildman–Crippen LogP) is 3.86. The van der Waals surface area contributed by atoms with Crippen molar-refractivity contribution in [2.75, 3.05) is 21.9 Å². The molecule has 0 fully saturated rings. The van der Waals surface area contributed by atoms with E-state index in [1.807, 2.05) is 44.2 Å². The first-order chi connectivity index (χ1) is 11.6. The number of para-hydroxylation sites is 1. The lowest BCUT2D eigenvalue weighted by molar-refractivity contribution is 1.15. The number of anilines is 5. The molecule has 5 N–H and O–H groups in total. The summed E-state index contributed by atoms with van der Waals surface area (Å²) in [5.41, 5.74) is 16.9. The smallest absolute Gasteiger partial charge is 0.173 e. The Morgan fingerprint density at radius 2 is 1.62 bits per heavy atom. The highest BCUT2D eigenvalue weighted by Gasteiger charge is 2.09. The molecule has 0 bridgehead atoms. The number of nitrogens with zero attached hydrogens (tertiary/aromatic N) is 2. The van der Waals surface area contributed by atoms with E-state index in [0.717, 1.165) is 16.9 Å². The first-order valence-electron chi connectivity index (χ1n) is 7.65. The lowest BCUT2D eigenvalue weighted by Crippen LogP contribution is -2.13. The second-order valence-electron chi connectivity index (χ2n) is 5.54. The maximum Gasteiger partial charge on any atom is 0.173 e. The Hall–Kier alpha value is -3.28. The molecule has 1 heterocycles. The molecule has 3 aromatic rings. The number of aromatic nitrogens is 2. The molecule has 0 amide bonds. The van der Waals surface area contributed by atoms with Gasteiger partial charge in [0, 0.05) is 5.69 Å². The average Bonchev–Trinajstić information content (AvgIpc) is 2.60. The molecule has 1 aromatic heterocycles. The van der Waals surface area contributed by atoms with Crippen molar-refractivity contribution >= 4 is 28.7 Å². The molecule has 0 radical (unpaired) electrons. The van der Waals surface area contributed by atoms with Crippen LogP contribution in [0.5, 0.6) is 0 Å². The third-order valence-electron chi connectivity index (χ3n) is 3.63. The van der Waals surface area contributed by atoms with Crippen LogP contribution in [0.4, 0.5) is 28.7 Å². The Bertz CT molecular complexity index is 832. The molecular formula is C18H20N6. The van der Waals surface area contributed by atoms with Gasteiger partial charge in [-0.15, -0.1) is 0 Å². The number of nitrogens with one attached hydrogen (secondary N) is 3. The van der Waals surface area contributed by atoms with E-state index >= 15 is 0 Å². The Morgan fingerprint density at radius 1 is 0.875 bits per heavy atom. The number of hydrogen-bond donors (Lipinski definition) is 4. The van der Waals surface area contributed by atoms with E-state index in [0.29, 0.717) is 17.3 Å². The standard InChI is InChI=1S/C18H20N6/c1-12-8-9-13(2)15(10-12)22-17-16(19)18(21-11-20-17)24-23-14-6-4-3-5-7-14/h3-11,23H,19H2,1-2H3,(H2,20,21,22,24). The zero-order valence-corrected chi connectivity index (χ0v) is 13.7. The van der Waals surface area contributed by atoms with Crippen LogP contribution in [0.1, 0.15) is 11.1 Å². The molecule has 0 atom stereocenters. The van der Waals surface area contributed by atoms with Gasteiger partial charge in [-0.2, -0.15) is 0 Å². The molecule has 6 heteroatoms. The van der Waals surface area contributed by atoms with Crippen LogP contribution in [0.3, 0.4) is 0 Å². The summed E-state index contributed by atoms with van der Waals surface area (Å²) in [6, 6.07) is 15.9. The van der Waals surface area contributed by atoms with Crippen molar-refractivity contribution < 1.29 is 0 Å². The lowest BCUT2D eigenvalue weighted by atomic mass is 10.1. The SMILES string of the molecule is Cc1ccc(C)c(Nc2ncnc(NNc3ccccc3)c2N)c1. The van der Waals surface area contributed by atoms with E-state index in [-0.39, 0.29) is 0 Å². The fourth-order valence-corrected chi connectivity index (χ4v) is 2.25. The van der Waals surface area contributed by atoms with Crippen LogP contribution in [0, 0.1) is 13.8 Å². The third-order valence-corrected chi connectivity index (χ3v) is 3.63. The van der Waals surface area contributed by atoms with Gasteiger partial charge >= 0.3 is 0 Å². The fourth-order valence-electron chi connectivity index (χ4n) is 2.25. The maximum absolute atomic E-state index is 6.19. The summed E-state index contributed by atoms with van der Waals surface area (Å²) in [7, 11) is 0. The summed E-state index contributed by atoms with van der Waals surface area (Å²) >= 11 is 0. The third kappa shape index (κ3) is 3.55. The molecule has 24 heavy (non-hydrogen) atoms. The first kappa shape index (κ1) is 15.6. The fraction of sp³-hybridized carbons (Fsp3) is 0.111. The molecule has 0 aliphatic carbocycles. The summed E-state index contributed by atoms with van der Waals surface area (Å²) in [5, 5.41) is 3.28. The summed E-state index contributed by atoms with van der Waals surface area (Å²) in [6.07, 6.45) is 1.47. The molecule has 0 aliphatic heterocycles. The number of nitrogens with two attached hydrogens (primary N) is 1. The number of nitrogen functional groups attached to an aromatic ring is 1. The Morgan fingerprint density at radius 3 is 2.42 bits per heavy atom. The maximum atomic E-state index is 6.19. The van der Waals surface area contributed by atoms with E-state index in [1.165, 1.54) is 11.9 Å². The van der Waals surface area contributed by atoms with Gasteiger partial charge < -0.3 is 11.1 Å². The summed E-state index contributed by atoms with van der Waals surface area (Å²) in [5.74, 6) is 1.08. The van der Waals surface area contributed by atoms with Crippen molar-refractivity contribution in [3.63, 3.8) is 0 Å². The molecule has 0 aliphatic rings. The van der Waals surface area contributed by atoms with Crippen molar-refractivity contribution in [2.45, 2.75) is 13.8 Å². The minimum absolute atomic E-state index is 0.446. The molecule has 0 unspecified atom stereocenters. The van der Waals surface area contributed by atoms with E-state index in [1.54, 1.807) is 0 Å². The highest BCUT2D eigenvalue weighted by molar-refractivity contribution is 5.79. The molecule has 6 nitrogen and oxygen atoms in total. The van der Waals surface area contributed by atoms with Crippen molar-refractivity contribution in [2.24, 2.45) is 0 Å². The molecule has 3 rings (SSSR count). The van der Waals surface area contributed by atoms with E-state index < -0.39 is 0 Å². The topological polar surface area (TPSA) is 87.9 Å². The van der Waals surface area contributed by atoms with Gasteiger partial charge in [0.05, 0.1) is 5.69 Å². The van der Waals surface area contributed by atoms with E-state index in [2.05, 4.69) is 44.3 Å². The van der Waals surface area contributed by atoms with Gasteiger partial charge in [0.25, 0.3) is 0 Å². The number of hydrogen-bond acceptors (Lipinski definition) is 6. The highest BCUT2D eigenvalue weighted by atomic mass is 15.4. The molecule has 0 saturated carbocycles. The van der Waals surface area contributed by atoms with E-state index in [9.17, 15) is 0 Å². The highest BCUT2D eigenvalue weighted by Crippen LogP contribution is 2.27. The van der Waals surface area contributed by atoms with Gasteiger partial charge in [0.15, 0.2) is 11.6 Å². The van der Waals surface area contributed by atoms with Crippen molar-refractivity contribution in [1.82, 2.24) is 9.97 Å². The molecular weight excluding hydrogens is 300 g/mol. The molecule has 2 aromatic carbocycles. The van der Waals surface area contributed by atoms with Gasteiger partial charge in [-0.05, 0) is 43.2 Å². The lowest BCUT2D eigenvalue weighted by Gasteiger charge is -2.15. The summed E-state index contributed by atoms with van der Waals surface area (Å²) in [4.78, 5) is 8.43. The van der Waals surface area contributed by atoms with Crippen LogP contribution >= 0.6 is 0 Å². The number of hydrazine groups is 1. The van der Waals surface area contributed by atoms with Crippen molar-refractivity contribution in [3.05, 3.63) is 66.0 Å². The molecule has 0 saturated heterocycles. The Labute approximate surface area is 141 Å². The average molecular weight is 320 g/mol. The second-order valence-corrected chi connectivity index (χ2v) is 5.54. The Kier molecular flexibility index (Phi) is 4.47. The zero-order valence-electron chi connectivity index (χ0n) is 13.7. The predicted molar refractivity (Wildman–Crippen MR) is 99.3 cm³/mol. The summed E-state index contributed by atoms with van der Waals surface area (Å²) < 4.78 is 0. The summed E-state index contributed by atoms with van der Waals surface area (Å²) in [6.45, 7) is 4.08. The molecule has 0 spiro atoms. The minimum atomic E-state index is 0.446. The van der Waals surface area contributed by atoms with Crippen molar-refractivity contribution in [1.29, 1.82) is 0 Å². The van der Waals surface area contributed by atoms with Gasteiger partial charge in [0.1, 0.15) is 12.0 Å².